The van der Waals surface area contributed by atoms with Crippen LogP contribution in [0.15, 0.2) is 0 Å². The van der Waals surface area contributed by atoms with E-state index in [2.05, 4.69) is 15.4 Å². The van der Waals surface area contributed by atoms with Gasteiger partial charge in [-0.3, -0.25) is 4.68 Å². The zero-order valence-corrected chi connectivity index (χ0v) is 10.8. The lowest BCUT2D eigenvalue weighted by molar-refractivity contribution is 0.199. The third-order valence-corrected chi connectivity index (χ3v) is 3.36. The number of aromatic nitrogens is 3. The first-order valence-electron chi connectivity index (χ1n) is 6.40. The summed E-state index contributed by atoms with van der Waals surface area (Å²) in [5.41, 5.74) is 0. The van der Waals surface area contributed by atoms with E-state index in [-0.39, 0.29) is 0 Å². The van der Waals surface area contributed by atoms with Crippen molar-refractivity contribution in [1.29, 1.82) is 0 Å². The molecule has 5 heteroatoms. The Morgan fingerprint density at radius 2 is 2.18 bits per heavy atom. The van der Waals surface area contributed by atoms with Crippen molar-refractivity contribution in [2.45, 2.75) is 38.1 Å². The molecular weight excluding hydrogens is 216 g/mol. The lowest BCUT2D eigenvalue weighted by atomic mass is 10.1. The third-order valence-electron chi connectivity index (χ3n) is 3.36. The summed E-state index contributed by atoms with van der Waals surface area (Å²) in [6.07, 6.45) is 5.15. The molecule has 0 spiro atoms. The molecule has 1 N–H and O–H groups in total. The summed E-state index contributed by atoms with van der Waals surface area (Å²) in [4.78, 5) is 4.64. The van der Waals surface area contributed by atoms with Gasteiger partial charge in [0.15, 0.2) is 5.82 Å². The Kier molecular flexibility index (Phi) is 4.50. The van der Waals surface area contributed by atoms with Crippen LogP contribution in [0.5, 0.6) is 0 Å². The van der Waals surface area contributed by atoms with E-state index in [1.165, 1.54) is 25.7 Å². The summed E-state index contributed by atoms with van der Waals surface area (Å²) < 4.78 is 6.89. The van der Waals surface area contributed by atoms with E-state index < -0.39 is 0 Å². The van der Waals surface area contributed by atoms with Gasteiger partial charge < -0.3 is 10.1 Å². The summed E-state index contributed by atoms with van der Waals surface area (Å²) in [5, 5.41) is 7.82. The van der Waals surface area contributed by atoms with Crippen LogP contribution in [0.25, 0.3) is 0 Å². The Morgan fingerprint density at radius 1 is 1.41 bits per heavy atom. The van der Waals surface area contributed by atoms with Gasteiger partial charge >= 0.3 is 0 Å². The molecule has 17 heavy (non-hydrogen) atoms. The highest BCUT2D eigenvalue weighted by molar-refractivity contribution is 5.01. The second-order valence-corrected chi connectivity index (χ2v) is 4.66. The fourth-order valence-electron chi connectivity index (χ4n) is 2.32. The molecule has 1 fully saturated rings. The van der Waals surface area contributed by atoms with Crippen molar-refractivity contribution < 1.29 is 4.74 Å². The van der Waals surface area contributed by atoms with Crippen LogP contribution in [0.1, 0.15) is 43.3 Å². The number of nitrogens with zero attached hydrogens (tertiary/aromatic N) is 3. The predicted octanol–water partition coefficient (Wildman–Crippen LogP) is 1.21. The van der Waals surface area contributed by atoms with E-state index >= 15 is 0 Å². The molecule has 1 aromatic rings. The quantitative estimate of drug-likeness (QED) is 0.757. The van der Waals surface area contributed by atoms with Crippen molar-refractivity contribution >= 4 is 0 Å². The standard InChI is InChI=1S/C12H22N4O/c1-16-11(9-13-7-8-17-2)14-12(15-16)10-5-3-4-6-10/h10,13H,3-9H2,1-2H3. The maximum Gasteiger partial charge on any atom is 0.154 e. The molecule has 0 radical (unpaired) electrons. The van der Waals surface area contributed by atoms with Crippen LogP contribution < -0.4 is 5.32 Å². The van der Waals surface area contributed by atoms with Gasteiger partial charge in [-0.2, -0.15) is 5.10 Å². The number of hydrogen-bond donors (Lipinski definition) is 1. The molecule has 0 unspecified atom stereocenters. The molecular formula is C12H22N4O. The molecule has 1 saturated carbocycles. The van der Waals surface area contributed by atoms with E-state index in [1.54, 1.807) is 7.11 Å². The predicted molar refractivity (Wildman–Crippen MR) is 65.8 cm³/mol. The van der Waals surface area contributed by atoms with Crippen LogP contribution in [0.3, 0.4) is 0 Å². The molecule has 0 aliphatic heterocycles. The van der Waals surface area contributed by atoms with Crippen LogP contribution in [0.2, 0.25) is 0 Å². The first kappa shape index (κ1) is 12.5. The smallest absolute Gasteiger partial charge is 0.154 e. The largest absolute Gasteiger partial charge is 0.383 e. The van der Waals surface area contributed by atoms with Gasteiger partial charge in [0.2, 0.25) is 0 Å². The first-order valence-corrected chi connectivity index (χ1v) is 6.40. The van der Waals surface area contributed by atoms with Gasteiger partial charge in [-0.1, -0.05) is 12.8 Å². The molecule has 96 valence electrons. The molecule has 0 amide bonds. The second kappa shape index (κ2) is 6.12. The molecule has 2 rings (SSSR count). The highest BCUT2D eigenvalue weighted by atomic mass is 16.5. The van der Waals surface area contributed by atoms with E-state index in [0.717, 1.165) is 31.3 Å². The molecule has 1 heterocycles. The summed E-state index contributed by atoms with van der Waals surface area (Å²) in [6.45, 7) is 2.34. The van der Waals surface area contributed by atoms with Crippen LogP contribution in [-0.2, 0) is 18.3 Å². The van der Waals surface area contributed by atoms with Crippen molar-refractivity contribution in [2.75, 3.05) is 20.3 Å². The molecule has 0 saturated heterocycles. The maximum absolute atomic E-state index is 4.99. The van der Waals surface area contributed by atoms with Gasteiger partial charge in [0.05, 0.1) is 13.2 Å². The fraction of sp³-hybridized carbons (Fsp3) is 0.833. The van der Waals surface area contributed by atoms with Crippen LogP contribution >= 0.6 is 0 Å². The van der Waals surface area contributed by atoms with Gasteiger partial charge in [-0.25, -0.2) is 4.98 Å². The summed E-state index contributed by atoms with van der Waals surface area (Å²) >= 11 is 0. The number of hydrogen-bond acceptors (Lipinski definition) is 4. The van der Waals surface area contributed by atoms with E-state index in [0.29, 0.717) is 5.92 Å². The zero-order valence-electron chi connectivity index (χ0n) is 10.8. The zero-order chi connectivity index (χ0) is 12.1. The fourth-order valence-corrected chi connectivity index (χ4v) is 2.32. The van der Waals surface area contributed by atoms with E-state index in [9.17, 15) is 0 Å². The Morgan fingerprint density at radius 3 is 2.88 bits per heavy atom. The molecule has 0 bridgehead atoms. The lowest BCUT2D eigenvalue weighted by Crippen LogP contribution is -2.20. The highest BCUT2D eigenvalue weighted by Crippen LogP contribution is 2.32. The normalized spacial score (nSPS) is 16.8. The van der Waals surface area contributed by atoms with Gasteiger partial charge in [-0.05, 0) is 12.8 Å². The SMILES string of the molecule is COCCNCc1nc(C2CCCC2)nn1C. The Hall–Kier alpha value is -0.940. The summed E-state index contributed by atoms with van der Waals surface area (Å²) in [7, 11) is 3.68. The maximum atomic E-state index is 4.99. The third kappa shape index (κ3) is 3.26. The minimum Gasteiger partial charge on any atom is -0.383 e. The first-order chi connectivity index (χ1) is 8.31. The number of methoxy groups -OCH3 is 1. The van der Waals surface area contributed by atoms with Crippen molar-refractivity contribution in [3.8, 4) is 0 Å². The molecule has 1 aliphatic carbocycles. The Labute approximate surface area is 103 Å². The van der Waals surface area contributed by atoms with Crippen molar-refractivity contribution in [1.82, 2.24) is 20.1 Å². The highest BCUT2D eigenvalue weighted by Gasteiger charge is 2.21. The Bertz CT molecular complexity index is 344. The van der Waals surface area contributed by atoms with Gasteiger partial charge in [0, 0.05) is 26.6 Å². The van der Waals surface area contributed by atoms with Crippen LogP contribution in [0.4, 0.5) is 0 Å². The van der Waals surface area contributed by atoms with E-state index in [1.807, 2.05) is 11.7 Å². The minimum absolute atomic E-state index is 0.592. The van der Waals surface area contributed by atoms with Gasteiger partial charge in [-0.15, -0.1) is 0 Å². The summed E-state index contributed by atoms with van der Waals surface area (Å²) in [6, 6.07) is 0. The van der Waals surface area contributed by atoms with Crippen LogP contribution in [-0.4, -0.2) is 35.0 Å². The number of ether oxygens (including phenoxy) is 1. The topological polar surface area (TPSA) is 52.0 Å². The van der Waals surface area contributed by atoms with Gasteiger partial charge in [0.25, 0.3) is 0 Å². The lowest BCUT2D eigenvalue weighted by Gasteiger charge is -2.02. The molecule has 5 nitrogen and oxygen atoms in total. The van der Waals surface area contributed by atoms with Crippen molar-refractivity contribution in [3.63, 3.8) is 0 Å². The van der Waals surface area contributed by atoms with Crippen LogP contribution in [0, 0.1) is 0 Å². The minimum atomic E-state index is 0.592. The molecule has 1 aromatic heterocycles. The molecule has 0 aromatic carbocycles. The van der Waals surface area contributed by atoms with Crippen molar-refractivity contribution in [3.05, 3.63) is 11.6 Å². The Balaban J connectivity index is 1.89. The number of nitrogens with one attached hydrogen (secondary N) is 1. The average molecular weight is 238 g/mol. The monoisotopic (exact) mass is 238 g/mol. The average Bonchev–Trinajstić information content (AvgIpc) is 2.94. The van der Waals surface area contributed by atoms with Crippen molar-refractivity contribution in [2.24, 2.45) is 7.05 Å². The second-order valence-electron chi connectivity index (χ2n) is 4.66. The molecule has 0 atom stereocenters. The number of aryl methyl sites for hydroxylation is 1. The number of rotatable bonds is 6. The van der Waals surface area contributed by atoms with Gasteiger partial charge in [0.1, 0.15) is 5.82 Å². The summed E-state index contributed by atoms with van der Waals surface area (Å²) in [5.74, 6) is 2.64. The van der Waals surface area contributed by atoms with E-state index in [4.69, 9.17) is 4.74 Å². The molecule has 1 aliphatic rings.